The molecule has 2 rings (SSSR count). The molecule has 0 nitrogen and oxygen atoms in total. The highest BCUT2D eigenvalue weighted by Gasteiger charge is 2.01. The summed E-state index contributed by atoms with van der Waals surface area (Å²) >= 11 is 0. The molecule has 2 aromatic carbocycles. The maximum absolute atomic E-state index is 13.9. The molecule has 1 heteroatoms. The molecule has 2 aromatic rings. The summed E-state index contributed by atoms with van der Waals surface area (Å²) < 4.78 is 13.9. The molecule has 0 aromatic heterocycles. The van der Waals surface area contributed by atoms with Gasteiger partial charge in [-0.2, -0.15) is 0 Å². The average Bonchev–Trinajstić information content (AvgIpc) is 2.57. The number of unbranched alkanes of at least 4 members (excludes halogenated alkanes) is 1. The summed E-state index contributed by atoms with van der Waals surface area (Å²) in [4.78, 5) is 0. The summed E-state index contributed by atoms with van der Waals surface area (Å²) in [5.41, 5.74) is 3.60. The van der Waals surface area contributed by atoms with Crippen molar-refractivity contribution in [2.75, 3.05) is 0 Å². The second-order valence-corrected chi connectivity index (χ2v) is 5.62. The number of rotatable bonds is 5. The summed E-state index contributed by atoms with van der Waals surface area (Å²) in [5, 5.41) is 0. The van der Waals surface area contributed by atoms with Crippen LogP contribution < -0.4 is 0 Å². The fraction of sp³-hybridized carbons (Fsp3) is 0.273. The van der Waals surface area contributed by atoms with Gasteiger partial charge in [0.2, 0.25) is 0 Å². The van der Waals surface area contributed by atoms with Crippen molar-refractivity contribution in [2.24, 2.45) is 0 Å². The van der Waals surface area contributed by atoms with Gasteiger partial charge in [-0.1, -0.05) is 68.9 Å². The Morgan fingerprint density at radius 2 is 1.61 bits per heavy atom. The third-order valence-corrected chi connectivity index (χ3v) is 3.60. The molecule has 0 aliphatic rings. The SMILES string of the molecule is CCC/C=C/c1ccc(C#Cc2ccc(CCC)c(F)c2)cc1. The van der Waals surface area contributed by atoms with Crippen LogP contribution in [0.3, 0.4) is 0 Å². The van der Waals surface area contributed by atoms with Crippen molar-refractivity contribution in [2.45, 2.75) is 39.5 Å². The van der Waals surface area contributed by atoms with Crippen LogP contribution in [0.4, 0.5) is 4.39 Å². The van der Waals surface area contributed by atoms with Gasteiger partial charge in [-0.05, 0) is 48.2 Å². The highest BCUT2D eigenvalue weighted by Crippen LogP contribution is 2.12. The van der Waals surface area contributed by atoms with E-state index in [0.717, 1.165) is 36.8 Å². The Bertz CT molecular complexity index is 712. The van der Waals surface area contributed by atoms with Gasteiger partial charge in [-0.25, -0.2) is 4.39 Å². The Balaban J connectivity index is 2.08. The van der Waals surface area contributed by atoms with E-state index < -0.39 is 0 Å². The lowest BCUT2D eigenvalue weighted by Crippen LogP contribution is -1.90. The molecule has 0 aliphatic heterocycles. The topological polar surface area (TPSA) is 0 Å². The first kappa shape index (κ1) is 17.0. The van der Waals surface area contributed by atoms with Crippen LogP contribution in [0.1, 0.15) is 55.4 Å². The number of allylic oxidation sites excluding steroid dienone is 1. The standard InChI is InChI=1S/C22H23F/c1-3-5-6-8-18-9-11-19(12-10-18)13-14-20-15-16-21(7-4-2)22(23)17-20/h6,8-12,15-17H,3-5,7H2,1-2H3/b8-6+. The molecular weight excluding hydrogens is 283 g/mol. The van der Waals surface area contributed by atoms with E-state index >= 15 is 0 Å². The van der Waals surface area contributed by atoms with Crippen LogP contribution in [0.5, 0.6) is 0 Å². The van der Waals surface area contributed by atoms with E-state index in [4.69, 9.17) is 0 Å². The van der Waals surface area contributed by atoms with Crippen molar-refractivity contribution in [3.05, 3.63) is 76.6 Å². The van der Waals surface area contributed by atoms with Gasteiger partial charge in [-0.15, -0.1) is 0 Å². The molecule has 23 heavy (non-hydrogen) atoms. The maximum atomic E-state index is 13.9. The highest BCUT2D eigenvalue weighted by molar-refractivity contribution is 5.52. The van der Waals surface area contributed by atoms with Crippen LogP contribution >= 0.6 is 0 Å². The minimum absolute atomic E-state index is 0.157. The first-order valence-electron chi connectivity index (χ1n) is 8.30. The Morgan fingerprint density at radius 1 is 0.913 bits per heavy atom. The van der Waals surface area contributed by atoms with Crippen molar-refractivity contribution in [3.8, 4) is 11.8 Å². The van der Waals surface area contributed by atoms with Gasteiger partial charge in [0.1, 0.15) is 5.82 Å². The predicted molar refractivity (Wildman–Crippen MR) is 96.8 cm³/mol. The first-order chi connectivity index (χ1) is 11.2. The summed E-state index contributed by atoms with van der Waals surface area (Å²) in [5.74, 6) is 5.97. The molecule has 0 saturated carbocycles. The van der Waals surface area contributed by atoms with E-state index in [1.807, 2.05) is 31.2 Å². The monoisotopic (exact) mass is 306 g/mol. The summed E-state index contributed by atoms with van der Waals surface area (Å²) in [6, 6.07) is 13.4. The molecular formula is C22H23F. The second kappa shape index (κ2) is 8.96. The van der Waals surface area contributed by atoms with E-state index in [1.54, 1.807) is 0 Å². The molecule has 0 amide bonds. The minimum atomic E-state index is -0.157. The quantitative estimate of drug-likeness (QED) is 0.595. The molecule has 0 heterocycles. The van der Waals surface area contributed by atoms with Crippen molar-refractivity contribution in [3.63, 3.8) is 0 Å². The number of hydrogen-bond donors (Lipinski definition) is 0. The molecule has 0 saturated heterocycles. The van der Waals surface area contributed by atoms with Crippen molar-refractivity contribution >= 4 is 6.08 Å². The van der Waals surface area contributed by atoms with Gasteiger partial charge in [0, 0.05) is 11.1 Å². The summed E-state index contributed by atoms with van der Waals surface area (Å²) in [6.45, 7) is 4.22. The maximum Gasteiger partial charge on any atom is 0.127 e. The Morgan fingerprint density at radius 3 is 2.26 bits per heavy atom. The van der Waals surface area contributed by atoms with E-state index in [0.29, 0.717) is 5.56 Å². The zero-order valence-corrected chi connectivity index (χ0v) is 13.9. The van der Waals surface area contributed by atoms with Gasteiger partial charge >= 0.3 is 0 Å². The van der Waals surface area contributed by atoms with Gasteiger partial charge in [0.05, 0.1) is 0 Å². The van der Waals surface area contributed by atoms with Crippen molar-refractivity contribution in [1.29, 1.82) is 0 Å². The smallest absolute Gasteiger partial charge is 0.127 e. The summed E-state index contributed by atoms with van der Waals surface area (Å²) in [7, 11) is 0. The lowest BCUT2D eigenvalue weighted by atomic mass is 10.1. The highest BCUT2D eigenvalue weighted by atomic mass is 19.1. The second-order valence-electron chi connectivity index (χ2n) is 5.62. The third kappa shape index (κ3) is 5.42. The Labute approximate surface area is 139 Å². The van der Waals surface area contributed by atoms with Crippen LogP contribution in [0, 0.1) is 17.7 Å². The minimum Gasteiger partial charge on any atom is -0.207 e. The molecule has 0 atom stereocenters. The third-order valence-electron chi connectivity index (χ3n) is 3.60. The summed E-state index contributed by atoms with van der Waals surface area (Å²) in [6.07, 6.45) is 8.28. The first-order valence-corrected chi connectivity index (χ1v) is 8.30. The van der Waals surface area contributed by atoms with E-state index in [-0.39, 0.29) is 5.82 Å². The number of halogens is 1. The number of aryl methyl sites for hydroxylation is 1. The zero-order valence-electron chi connectivity index (χ0n) is 13.9. The molecule has 0 fully saturated rings. The molecule has 0 spiro atoms. The molecule has 118 valence electrons. The molecule has 0 bridgehead atoms. The van der Waals surface area contributed by atoms with Crippen LogP contribution in [0.25, 0.3) is 6.08 Å². The van der Waals surface area contributed by atoms with E-state index in [2.05, 4.69) is 43.0 Å². The normalized spacial score (nSPS) is 10.6. The lowest BCUT2D eigenvalue weighted by molar-refractivity contribution is 0.607. The van der Waals surface area contributed by atoms with Crippen LogP contribution in [0.2, 0.25) is 0 Å². The predicted octanol–water partition coefficient (Wildman–Crippen LogP) is 5.99. The average molecular weight is 306 g/mol. The van der Waals surface area contributed by atoms with Crippen molar-refractivity contribution in [1.82, 2.24) is 0 Å². The van der Waals surface area contributed by atoms with Crippen molar-refractivity contribution < 1.29 is 4.39 Å². The Hall–Kier alpha value is -2.33. The molecule has 0 aliphatic carbocycles. The molecule has 0 unspecified atom stereocenters. The van der Waals surface area contributed by atoms with Crippen LogP contribution in [-0.4, -0.2) is 0 Å². The largest absolute Gasteiger partial charge is 0.207 e. The van der Waals surface area contributed by atoms with Crippen LogP contribution in [-0.2, 0) is 6.42 Å². The van der Waals surface area contributed by atoms with Gasteiger partial charge in [-0.3, -0.25) is 0 Å². The van der Waals surface area contributed by atoms with Gasteiger partial charge < -0.3 is 0 Å². The van der Waals surface area contributed by atoms with Crippen LogP contribution in [0.15, 0.2) is 48.5 Å². The number of benzene rings is 2. The lowest BCUT2D eigenvalue weighted by Gasteiger charge is -2.01. The zero-order chi connectivity index (χ0) is 16.5. The molecule has 0 radical (unpaired) electrons. The van der Waals surface area contributed by atoms with E-state index in [1.165, 1.54) is 11.6 Å². The van der Waals surface area contributed by atoms with Gasteiger partial charge in [0.25, 0.3) is 0 Å². The fourth-order valence-electron chi connectivity index (χ4n) is 2.31. The molecule has 0 N–H and O–H groups in total. The number of hydrogen-bond acceptors (Lipinski definition) is 0. The fourth-order valence-corrected chi connectivity index (χ4v) is 2.31. The van der Waals surface area contributed by atoms with Gasteiger partial charge in [0.15, 0.2) is 0 Å². The van der Waals surface area contributed by atoms with E-state index in [9.17, 15) is 4.39 Å². The Kier molecular flexibility index (Phi) is 6.63.